The summed E-state index contributed by atoms with van der Waals surface area (Å²) in [7, 11) is 0. The largest absolute Gasteiger partial charge is 0.356 e. The molecule has 6 heteroatoms. The molecule has 1 aromatic carbocycles. The molecule has 0 aliphatic carbocycles. The number of para-hydroxylation sites is 1. The molecule has 22 heavy (non-hydrogen) atoms. The molecule has 0 atom stereocenters. The van der Waals surface area contributed by atoms with Crippen molar-refractivity contribution in [2.45, 2.75) is 20.8 Å². The van der Waals surface area contributed by atoms with Crippen molar-refractivity contribution >= 4 is 39.7 Å². The van der Waals surface area contributed by atoms with Crippen molar-refractivity contribution in [1.29, 1.82) is 0 Å². The number of rotatable bonds is 4. The van der Waals surface area contributed by atoms with Gasteiger partial charge >= 0.3 is 0 Å². The number of thiazole rings is 1. The van der Waals surface area contributed by atoms with Crippen LogP contribution in [-0.4, -0.2) is 27.6 Å². The van der Waals surface area contributed by atoms with E-state index in [1.807, 2.05) is 29.7 Å². The lowest BCUT2D eigenvalue weighted by atomic mass is 10.3. The average molecular weight is 330 g/mol. The van der Waals surface area contributed by atoms with Gasteiger partial charge in [0.05, 0.1) is 0 Å². The monoisotopic (exact) mass is 330 g/mol. The SMILES string of the molecule is CCN(CC)c1nc(C)nc2c1sc(=S)n2-c1ccccc1. The van der Waals surface area contributed by atoms with Crippen molar-refractivity contribution in [2.24, 2.45) is 0 Å². The highest BCUT2D eigenvalue weighted by Crippen LogP contribution is 2.32. The Kier molecular flexibility index (Phi) is 4.22. The van der Waals surface area contributed by atoms with Gasteiger partial charge in [-0.25, -0.2) is 9.97 Å². The van der Waals surface area contributed by atoms with E-state index in [2.05, 4.69) is 40.8 Å². The lowest BCUT2D eigenvalue weighted by molar-refractivity contribution is 0.842. The summed E-state index contributed by atoms with van der Waals surface area (Å²) in [6.45, 7) is 8.04. The van der Waals surface area contributed by atoms with E-state index >= 15 is 0 Å². The Morgan fingerprint density at radius 1 is 1.14 bits per heavy atom. The highest BCUT2D eigenvalue weighted by atomic mass is 32.1. The first-order valence-electron chi connectivity index (χ1n) is 7.36. The first kappa shape index (κ1) is 15.1. The number of aryl methyl sites for hydroxylation is 1. The van der Waals surface area contributed by atoms with Crippen LogP contribution in [0.15, 0.2) is 30.3 Å². The van der Waals surface area contributed by atoms with Crippen LogP contribution in [0.5, 0.6) is 0 Å². The Hall–Kier alpha value is -1.79. The van der Waals surface area contributed by atoms with E-state index in [0.29, 0.717) is 0 Å². The van der Waals surface area contributed by atoms with Gasteiger partial charge in [-0.05, 0) is 45.1 Å². The Morgan fingerprint density at radius 2 is 1.82 bits per heavy atom. The molecule has 2 aromatic heterocycles. The smallest absolute Gasteiger partial charge is 0.168 e. The number of benzene rings is 1. The lowest BCUT2D eigenvalue weighted by Gasteiger charge is -2.20. The highest BCUT2D eigenvalue weighted by molar-refractivity contribution is 7.73. The second-order valence-corrected chi connectivity index (χ2v) is 6.60. The fraction of sp³-hybridized carbons (Fsp3) is 0.312. The van der Waals surface area contributed by atoms with E-state index in [-0.39, 0.29) is 0 Å². The fourth-order valence-electron chi connectivity index (χ4n) is 2.54. The summed E-state index contributed by atoms with van der Waals surface area (Å²) in [5.74, 6) is 1.75. The first-order valence-corrected chi connectivity index (χ1v) is 8.58. The maximum Gasteiger partial charge on any atom is 0.168 e. The van der Waals surface area contributed by atoms with Crippen molar-refractivity contribution in [3.05, 3.63) is 40.1 Å². The van der Waals surface area contributed by atoms with Crippen LogP contribution in [0, 0.1) is 10.9 Å². The zero-order valence-electron chi connectivity index (χ0n) is 12.9. The van der Waals surface area contributed by atoms with Crippen LogP contribution in [0.4, 0.5) is 5.82 Å². The molecule has 2 heterocycles. The van der Waals surface area contributed by atoms with Gasteiger partial charge < -0.3 is 4.90 Å². The van der Waals surface area contributed by atoms with Gasteiger partial charge in [-0.1, -0.05) is 29.5 Å². The molecule has 0 spiro atoms. The van der Waals surface area contributed by atoms with Gasteiger partial charge in [0, 0.05) is 18.8 Å². The molecule has 0 radical (unpaired) electrons. The topological polar surface area (TPSA) is 34.0 Å². The van der Waals surface area contributed by atoms with E-state index in [1.54, 1.807) is 11.3 Å². The van der Waals surface area contributed by atoms with E-state index < -0.39 is 0 Å². The molecular weight excluding hydrogens is 312 g/mol. The number of anilines is 1. The van der Waals surface area contributed by atoms with E-state index in [1.165, 1.54) is 0 Å². The Bertz CT molecular complexity index is 848. The van der Waals surface area contributed by atoms with Crippen molar-refractivity contribution in [1.82, 2.24) is 14.5 Å². The third-order valence-electron chi connectivity index (χ3n) is 3.60. The van der Waals surface area contributed by atoms with Crippen LogP contribution < -0.4 is 4.90 Å². The summed E-state index contributed by atoms with van der Waals surface area (Å²) in [5.41, 5.74) is 1.94. The maximum absolute atomic E-state index is 5.59. The summed E-state index contributed by atoms with van der Waals surface area (Å²) < 4.78 is 3.90. The predicted molar refractivity (Wildman–Crippen MR) is 95.9 cm³/mol. The van der Waals surface area contributed by atoms with Crippen molar-refractivity contribution in [3.8, 4) is 5.69 Å². The summed E-state index contributed by atoms with van der Waals surface area (Å²) in [6.07, 6.45) is 0. The molecule has 0 aliphatic heterocycles. The molecule has 0 unspecified atom stereocenters. The summed E-state index contributed by atoms with van der Waals surface area (Å²) in [4.78, 5) is 11.6. The summed E-state index contributed by atoms with van der Waals surface area (Å²) in [6, 6.07) is 10.1. The number of nitrogens with zero attached hydrogens (tertiary/aromatic N) is 4. The second-order valence-electron chi connectivity index (χ2n) is 4.96. The molecule has 0 saturated carbocycles. The normalized spacial score (nSPS) is 11.0. The van der Waals surface area contributed by atoms with E-state index in [9.17, 15) is 0 Å². The fourth-order valence-corrected chi connectivity index (χ4v) is 3.93. The van der Waals surface area contributed by atoms with Gasteiger partial charge in [-0.3, -0.25) is 4.57 Å². The van der Waals surface area contributed by atoms with Crippen molar-refractivity contribution in [3.63, 3.8) is 0 Å². The van der Waals surface area contributed by atoms with Crippen LogP contribution in [0.2, 0.25) is 0 Å². The molecular formula is C16H18N4S2. The molecule has 0 amide bonds. The minimum atomic E-state index is 0.770. The molecule has 3 aromatic rings. The number of fused-ring (bicyclic) bond motifs is 1. The lowest BCUT2D eigenvalue weighted by Crippen LogP contribution is -2.23. The van der Waals surface area contributed by atoms with Crippen LogP contribution >= 0.6 is 23.6 Å². The molecule has 0 bridgehead atoms. The van der Waals surface area contributed by atoms with Gasteiger partial charge in [-0.15, -0.1) is 0 Å². The maximum atomic E-state index is 5.59. The standard InChI is InChI=1S/C16H18N4S2/c1-4-19(5-2)14-13-15(18-11(3)17-14)20(16(21)22-13)12-9-7-6-8-10-12/h6-10H,4-5H2,1-3H3. The third-order valence-corrected chi connectivity index (χ3v) is 4.96. The second kappa shape index (κ2) is 6.14. The summed E-state index contributed by atoms with van der Waals surface area (Å²) in [5, 5.41) is 0. The molecule has 4 nitrogen and oxygen atoms in total. The van der Waals surface area contributed by atoms with Gasteiger partial charge in [0.15, 0.2) is 15.4 Å². The Labute approximate surface area is 139 Å². The number of hydrogen-bond acceptors (Lipinski definition) is 5. The first-order chi connectivity index (χ1) is 10.7. The van der Waals surface area contributed by atoms with Gasteiger partial charge in [0.2, 0.25) is 0 Å². The van der Waals surface area contributed by atoms with Gasteiger partial charge in [-0.2, -0.15) is 0 Å². The van der Waals surface area contributed by atoms with Crippen LogP contribution in [0.25, 0.3) is 16.0 Å². The average Bonchev–Trinajstić information content (AvgIpc) is 2.85. The van der Waals surface area contributed by atoms with E-state index in [4.69, 9.17) is 12.2 Å². The molecule has 0 fully saturated rings. The quantitative estimate of drug-likeness (QED) is 0.665. The molecule has 0 saturated heterocycles. The summed E-state index contributed by atoms with van der Waals surface area (Å²) >= 11 is 7.17. The zero-order valence-corrected chi connectivity index (χ0v) is 14.5. The Morgan fingerprint density at radius 3 is 2.45 bits per heavy atom. The molecule has 3 rings (SSSR count). The number of hydrogen-bond donors (Lipinski definition) is 0. The molecule has 0 aliphatic rings. The van der Waals surface area contributed by atoms with Crippen LogP contribution in [-0.2, 0) is 0 Å². The highest BCUT2D eigenvalue weighted by Gasteiger charge is 2.17. The molecule has 114 valence electrons. The van der Waals surface area contributed by atoms with Crippen molar-refractivity contribution < 1.29 is 0 Å². The predicted octanol–water partition coefficient (Wildman–Crippen LogP) is 4.37. The van der Waals surface area contributed by atoms with Crippen LogP contribution in [0.3, 0.4) is 0 Å². The van der Waals surface area contributed by atoms with Crippen LogP contribution in [0.1, 0.15) is 19.7 Å². The molecule has 0 N–H and O–H groups in total. The Balaban J connectivity index is 2.33. The number of aromatic nitrogens is 3. The third kappa shape index (κ3) is 2.53. The van der Waals surface area contributed by atoms with Gasteiger partial charge in [0.25, 0.3) is 0 Å². The minimum Gasteiger partial charge on any atom is -0.356 e. The van der Waals surface area contributed by atoms with Gasteiger partial charge in [0.1, 0.15) is 10.5 Å². The zero-order chi connectivity index (χ0) is 15.7. The minimum absolute atomic E-state index is 0.770. The van der Waals surface area contributed by atoms with E-state index in [0.717, 1.165) is 44.7 Å². The van der Waals surface area contributed by atoms with Crippen molar-refractivity contribution in [2.75, 3.05) is 18.0 Å².